The molecule has 116 valence electrons. The summed E-state index contributed by atoms with van der Waals surface area (Å²) in [6.07, 6.45) is 1.48. The molecular weight excluding hydrogens is 294 g/mol. The highest BCUT2D eigenvalue weighted by molar-refractivity contribution is 7.10. The van der Waals surface area contributed by atoms with Crippen LogP contribution in [0.2, 0.25) is 0 Å². The Balaban J connectivity index is 1.84. The molecule has 4 heteroatoms. The van der Waals surface area contributed by atoms with Gasteiger partial charge in [-0.3, -0.25) is 9.69 Å². The predicted octanol–water partition coefficient (Wildman–Crippen LogP) is 3.94. The zero-order valence-electron chi connectivity index (χ0n) is 12.7. The second-order valence-corrected chi connectivity index (χ2v) is 6.96. The molecule has 0 radical (unpaired) electrons. The molecule has 0 bridgehead atoms. The number of thiophene rings is 1. The topological polar surface area (TPSA) is 40.5 Å². The van der Waals surface area contributed by atoms with Crippen LogP contribution in [0.25, 0.3) is 0 Å². The third-order valence-electron chi connectivity index (χ3n) is 4.45. The van der Waals surface area contributed by atoms with E-state index in [1.807, 2.05) is 0 Å². The maximum absolute atomic E-state index is 11.2. The van der Waals surface area contributed by atoms with Gasteiger partial charge in [-0.1, -0.05) is 35.9 Å². The van der Waals surface area contributed by atoms with Crippen molar-refractivity contribution in [3.8, 4) is 0 Å². The minimum atomic E-state index is -0.650. The Hall–Kier alpha value is -1.65. The second-order valence-electron chi connectivity index (χ2n) is 5.98. The molecule has 1 N–H and O–H groups in total. The van der Waals surface area contributed by atoms with E-state index >= 15 is 0 Å². The summed E-state index contributed by atoms with van der Waals surface area (Å²) in [7, 11) is 0. The third-order valence-corrected chi connectivity index (χ3v) is 5.37. The van der Waals surface area contributed by atoms with Crippen LogP contribution in [0.3, 0.4) is 0 Å². The van der Waals surface area contributed by atoms with E-state index in [0.29, 0.717) is 0 Å². The Kier molecular flexibility index (Phi) is 4.60. The van der Waals surface area contributed by atoms with Crippen molar-refractivity contribution in [1.82, 2.24) is 4.90 Å². The number of likely N-dealkylation sites (tertiary alicyclic amines) is 1. The summed E-state index contributed by atoms with van der Waals surface area (Å²) in [6.45, 7) is 3.78. The average molecular weight is 315 g/mol. The van der Waals surface area contributed by atoms with E-state index in [4.69, 9.17) is 0 Å². The molecule has 1 unspecified atom stereocenters. The second kappa shape index (κ2) is 6.63. The van der Waals surface area contributed by atoms with Gasteiger partial charge in [-0.05, 0) is 49.9 Å². The average Bonchev–Trinajstić information content (AvgIpc) is 3.04. The predicted molar refractivity (Wildman–Crippen MR) is 89.3 cm³/mol. The lowest BCUT2D eigenvalue weighted by Crippen LogP contribution is -2.39. The summed E-state index contributed by atoms with van der Waals surface area (Å²) >= 11 is 1.77. The highest BCUT2D eigenvalue weighted by Crippen LogP contribution is 2.34. The van der Waals surface area contributed by atoms with Crippen LogP contribution in [0.4, 0.5) is 0 Å². The Morgan fingerprint density at radius 2 is 1.91 bits per heavy atom. The van der Waals surface area contributed by atoms with Crippen molar-refractivity contribution in [2.75, 3.05) is 13.1 Å². The molecule has 2 heterocycles. The Morgan fingerprint density at radius 1 is 1.23 bits per heavy atom. The van der Waals surface area contributed by atoms with Gasteiger partial charge in [0.1, 0.15) is 0 Å². The fourth-order valence-electron chi connectivity index (χ4n) is 3.16. The lowest BCUT2D eigenvalue weighted by atomic mass is 9.93. The Bertz CT molecular complexity index is 613. The van der Waals surface area contributed by atoms with Gasteiger partial charge in [0.2, 0.25) is 0 Å². The van der Waals surface area contributed by atoms with Crippen LogP contribution in [0.15, 0.2) is 41.8 Å². The van der Waals surface area contributed by atoms with Crippen molar-refractivity contribution in [2.45, 2.75) is 25.8 Å². The van der Waals surface area contributed by atoms with Gasteiger partial charge in [0.25, 0.3) is 0 Å². The minimum Gasteiger partial charge on any atom is -0.481 e. The summed E-state index contributed by atoms with van der Waals surface area (Å²) in [6, 6.07) is 13.2. The number of carbonyl (C=O) groups is 1. The third kappa shape index (κ3) is 3.23. The van der Waals surface area contributed by atoms with Gasteiger partial charge >= 0.3 is 5.97 Å². The van der Waals surface area contributed by atoms with Crippen LogP contribution in [-0.2, 0) is 4.79 Å². The van der Waals surface area contributed by atoms with E-state index in [-0.39, 0.29) is 12.0 Å². The first kappa shape index (κ1) is 15.3. The molecule has 22 heavy (non-hydrogen) atoms. The number of hydrogen-bond acceptors (Lipinski definition) is 3. The molecule has 1 aliphatic heterocycles. The molecule has 1 fully saturated rings. The number of benzene rings is 1. The first-order chi connectivity index (χ1) is 10.6. The quantitative estimate of drug-likeness (QED) is 0.929. The van der Waals surface area contributed by atoms with E-state index in [1.165, 1.54) is 16.0 Å². The number of nitrogens with zero attached hydrogens (tertiary/aromatic N) is 1. The SMILES string of the molecule is Cc1ccc(C(c2cccs2)N2CCC(C(=O)O)CC2)cc1. The number of hydrogen-bond donors (Lipinski definition) is 1. The first-order valence-corrected chi connectivity index (χ1v) is 8.60. The van der Waals surface area contributed by atoms with Crippen molar-refractivity contribution in [2.24, 2.45) is 5.92 Å². The van der Waals surface area contributed by atoms with E-state index in [9.17, 15) is 9.90 Å². The Morgan fingerprint density at radius 3 is 2.45 bits per heavy atom. The Labute approximate surface area is 135 Å². The number of aliphatic carboxylic acids is 1. The fraction of sp³-hybridized carbons (Fsp3) is 0.389. The molecule has 1 atom stereocenters. The monoisotopic (exact) mass is 315 g/mol. The van der Waals surface area contributed by atoms with E-state index in [0.717, 1.165) is 25.9 Å². The standard InChI is InChI=1S/C18H21NO2S/c1-13-4-6-14(7-5-13)17(16-3-2-12-22-16)19-10-8-15(9-11-19)18(20)21/h2-7,12,15,17H,8-11H2,1H3,(H,20,21). The molecule has 0 amide bonds. The van der Waals surface area contributed by atoms with Gasteiger partial charge in [-0.15, -0.1) is 11.3 Å². The van der Waals surface area contributed by atoms with Gasteiger partial charge < -0.3 is 5.11 Å². The van der Waals surface area contributed by atoms with Crippen molar-refractivity contribution in [1.29, 1.82) is 0 Å². The number of piperidine rings is 1. The van der Waals surface area contributed by atoms with Crippen molar-refractivity contribution in [3.05, 3.63) is 57.8 Å². The summed E-state index contributed by atoms with van der Waals surface area (Å²) in [5, 5.41) is 11.3. The summed E-state index contributed by atoms with van der Waals surface area (Å²) in [5.41, 5.74) is 2.56. The molecule has 1 saturated heterocycles. The van der Waals surface area contributed by atoms with Crippen LogP contribution in [-0.4, -0.2) is 29.1 Å². The zero-order chi connectivity index (χ0) is 15.5. The molecule has 0 spiro atoms. The van der Waals surface area contributed by atoms with Crippen LogP contribution in [0, 0.1) is 12.8 Å². The molecular formula is C18H21NO2S. The van der Waals surface area contributed by atoms with Gasteiger partial charge in [0, 0.05) is 4.88 Å². The van der Waals surface area contributed by atoms with E-state index in [2.05, 4.69) is 53.6 Å². The van der Waals surface area contributed by atoms with Crippen LogP contribution in [0.5, 0.6) is 0 Å². The van der Waals surface area contributed by atoms with Crippen molar-refractivity contribution >= 4 is 17.3 Å². The van der Waals surface area contributed by atoms with Gasteiger partial charge in [-0.2, -0.15) is 0 Å². The van der Waals surface area contributed by atoms with Crippen LogP contribution >= 0.6 is 11.3 Å². The fourth-order valence-corrected chi connectivity index (χ4v) is 4.04. The molecule has 1 aliphatic rings. The lowest BCUT2D eigenvalue weighted by molar-refractivity contribution is -0.143. The smallest absolute Gasteiger partial charge is 0.306 e. The zero-order valence-corrected chi connectivity index (χ0v) is 13.6. The highest BCUT2D eigenvalue weighted by atomic mass is 32.1. The summed E-state index contributed by atoms with van der Waals surface area (Å²) < 4.78 is 0. The number of carboxylic acid groups (broad SMARTS) is 1. The maximum Gasteiger partial charge on any atom is 0.306 e. The van der Waals surface area contributed by atoms with Crippen LogP contribution in [0.1, 0.15) is 34.9 Å². The van der Waals surface area contributed by atoms with E-state index < -0.39 is 5.97 Å². The summed E-state index contributed by atoms with van der Waals surface area (Å²) in [4.78, 5) is 14.9. The molecule has 2 aromatic rings. The van der Waals surface area contributed by atoms with Crippen molar-refractivity contribution < 1.29 is 9.90 Å². The molecule has 0 saturated carbocycles. The number of aryl methyl sites for hydroxylation is 1. The summed E-state index contributed by atoms with van der Waals surface area (Å²) in [5.74, 6) is -0.832. The van der Waals surface area contributed by atoms with Gasteiger partial charge in [0.05, 0.1) is 12.0 Å². The number of rotatable bonds is 4. The van der Waals surface area contributed by atoms with E-state index in [1.54, 1.807) is 11.3 Å². The van der Waals surface area contributed by atoms with Crippen molar-refractivity contribution in [3.63, 3.8) is 0 Å². The normalized spacial score (nSPS) is 18.2. The molecule has 3 nitrogen and oxygen atoms in total. The molecule has 0 aliphatic carbocycles. The lowest BCUT2D eigenvalue weighted by Gasteiger charge is -2.36. The number of carboxylic acids is 1. The maximum atomic E-state index is 11.2. The van der Waals surface area contributed by atoms with Crippen LogP contribution < -0.4 is 0 Å². The molecule has 1 aromatic carbocycles. The van der Waals surface area contributed by atoms with Gasteiger partial charge in [-0.25, -0.2) is 0 Å². The first-order valence-electron chi connectivity index (χ1n) is 7.72. The minimum absolute atomic E-state index is 0.182. The largest absolute Gasteiger partial charge is 0.481 e. The highest BCUT2D eigenvalue weighted by Gasteiger charge is 2.30. The molecule has 3 rings (SSSR count). The molecule has 1 aromatic heterocycles. The van der Waals surface area contributed by atoms with Gasteiger partial charge in [0.15, 0.2) is 0 Å².